The number of carboxylic acid groups (broad SMARTS) is 1. The minimum atomic E-state index is -1.73. The van der Waals surface area contributed by atoms with Crippen LogP contribution in [-0.2, 0) is 4.79 Å². The molecule has 0 saturated carbocycles. The fourth-order valence-corrected chi connectivity index (χ4v) is 1.48. The first-order valence-corrected chi connectivity index (χ1v) is 4.48. The lowest BCUT2D eigenvalue weighted by atomic mass is 9.82. The lowest BCUT2D eigenvalue weighted by Gasteiger charge is -2.24. The Labute approximate surface area is 91.9 Å². The molecule has 0 aromatic heterocycles. The molecule has 4 nitrogen and oxygen atoms in total. The Kier molecular flexibility index (Phi) is 4.65. The van der Waals surface area contributed by atoms with Crippen LogP contribution in [0.15, 0.2) is 12.7 Å². The molecule has 0 spiro atoms. The van der Waals surface area contributed by atoms with Crippen LogP contribution < -0.4 is 0 Å². The minimum absolute atomic E-state index is 0.0850. The zero-order chi connectivity index (χ0) is 11.4. The quantitative estimate of drug-likeness (QED) is 0.480. The van der Waals surface area contributed by atoms with Crippen molar-refractivity contribution < 1.29 is 20.1 Å². The van der Waals surface area contributed by atoms with Gasteiger partial charge in [-0.05, 0) is 30.9 Å². The number of aliphatic hydroxyl groups excluding tert-OH is 2. The van der Waals surface area contributed by atoms with E-state index >= 15 is 0 Å². The van der Waals surface area contributed by atoms with Crippen LogP contribution in [0.5, 0.6) is 0 Å². The molecule has 0 aromatic carbocycles. The van der Waals surface area contributed by atoms with Crippen LogP contribution in [-0.4, -0.2) is 31.4 Å². The number of aliphatic carboxylic acids is 1. The van der Waals surface area contributed by atoms with E-state index in [-0.39, 0.29) is 12.8 Å². The molecule has 0 aromatic rings. The predicted molar refractivity (Wildman–Crippen MR) is 60.0 cm³/mol. The first kappa shape index (κ1) is 13.0. The predicted octanol–water partition coefficient (Wildman–Crippen LogP) is 1.79. The fourth-order valence-electron chi connectivity index (χ4n) is 0.994. The van der Waals surface area contributed by atoms with Gasteiger partial charge in [-0.25, -0.2) is 0 Å². The number of hydrogen-bond donors (Lipinski definition) is 3. The third kappa shape index (κ3) is 2.74. The van der Waals surface area contributed by atoms with Crippen molar-refractivity contribution in [1.82, 2.24) is 0 Å². The molecule has 6 heteroatoms. The molecule has 14 heavy (non-hydrogen) atoms. The Morgan fingerprint density at radius 2 is 1.86 bits per heavy atom. The topological polar surface area (TPSA) is 77.8 Å². The van der Waals surface area contributed by atoms with Gasteiger partial charge in [0.1, 0.15) is 5.41 Å². The van der Waals surface area contributed by atoms with E-state index in [1.807, 2.05) is 0 Å². The van der Waals surface area contributed by atoms with Crippen molar-refractivity contribution in [1.29, 1.82) is 0 Å². The first-order chi connectivity index (χ1) is 6.36. The molecular weight excluding hydrogens is 224 g/mol. The van der Waals surface area contributed by atoms with Crippen molar-refractivity contribution in [3.05, 3.63) is 12.7 Å². The summed E-state index contributed by atoms with van der Waals surface area (Å²) in [4.78, 5) is 10.9. The van der Waals surface area contributed by atoms with E-state index in [0.717, 1.165) is 0 Å². The number of hydrogen-bond acceptors (Lipinski definition) is 3. The van der Waals surface area contributed by atoms with Gasteiger partial charge in [-0.1, -0.05) is 6.08 Å². The summed E-state index contributed by atoms with van der Waals surface area (Å²) in [6.45, 7) is 3.36. The number of allylic oxidation sites excluding steroid dienone is 1. The third-order valence-corrected chi connectivity index (χ3v) is 2.30. The van der Waals surface area contributed by atoms with Gasteiger partial charge in [0, 0.05) is 6.42 Å². The normalized spacial score (nSPS) is 14.0. The lowest BCUT2D eigenvalue weighted by molar-refractivity contribution is -0.144. The Hall–Kier alpha value is -1.01. The van der Waals surface area contributed by atoms with E-state index in [2.05, 4.69) is 31.0 Å². The Morgan fingerprint density at radius 3 is 2.07 bits per heavy atom. The largest absolute Gasteiger partial charge is 0.502 e. The van der Waals surface area contributed by atoms with Crippen molar-refractivity contribution in [3.8, 4) is 0 Å². The molecule has 0 aliphatic carbocycles. The maximum Gasteiger partial charge on any atom is 0.319 e. The fraction of sp³-hybridized carbons (Fsp3) is 0.375. The van der Waals surface area contributed by atoms with Crippen molar-refractivity contribution in [3.63, 3.8) is 0 Å². The second-order valence-corrected chi connectivity index (χ2v) is 3.61. The molecule has 0 heterocycles. The SMILES string of the molecule is C=CCC(CC(O)=S)(C(=O)O)C(O)=S. The van der Waals surface area contributed by atoms with E-state index in [0.29, 0.717) is 0 Å². The molecule has 78 valence electrons. The van der Waals surface area contributed by atoms with Gasteiger partial charge in [-0.2, -0.15) is 0 Å². The summed E-state index contributed by atoms with van der Waals surface area (Å²) in [5.41, 5.74) is -1.73. The molecule has 1 atom stereocenters. The summed E-state index contributed by atoms with van der Waals surface area (Å²) in [5, 5.41) is 25.7. The molecule has 3 N–H and O–H groups in total. The third-order valence-electron chi connectivity index (χ3n) is 1.76. The van der Waals surface area contributed by atoms with E-state index in [1.54, 1.807) is 0 Å². The van der Waals surface area contributed by atoms with Crippen LogP contribution in [0.25, 0.3) is 0 Å². The van der Waals surface area contributed by atoms with Crippen molar-refractivity contribution >= 4 is 40.5 Å². The van der Waals surface area contributed by atoms with Crippen LogP contribution >= 0.6 is 24.4 Å². The van der Waals surface area contributed by atoms with Gasteiger partial charge in [0.05, 0.1) is 0 Å². The van der Waals surface area contributed by atoms with E-state index < -0.39 is 21.5 Å². The highest BCUT2D eigenvalue weighted by Crippen LogP contribution is 2.29. The standard InChI is InChI=1S/C8H10O4S2/c1-2-3-8(6(10)11,7(12)14)4-5(9)13/h2H,1,3-4H2,(H,9,13)(H,10,11)(H,12,14). The van der Waals surface area contributed by atoms with Gasteiger partial charge in [0.25, 0.3) is 0 Å². The summed E-state index contributed by atoms with van der Waals surface area (Å²) >= 11 is 8.83. The highest BCUT2D eigenvalue weighted by atomic mass is 32.1. The molecule has 0 bridgehead atoms. The highest BCUT2D eigenvalue weighted by Gasteiger charge is 2.43. The number of aliphatic hydroxyl groups is 2. The average molecular weight is 234 g/mol. The maximum absolute atomic E-state index is 10.9. The molecule has 0 aliphatic heterocycles. The lowest BCUT2D eigenvalue weighted by Crippen LogP contribution is -2.39. The number of carboxylic acids is 1. The van der Waals surface area contributed by atoms with Crippen LogP contribution in [0.1, 0.15) is 12.8 Å². The molecule has 0 aliphatic rings. The monoisotopic (exact) mass is 234 g/mol. The number of rotatable bonds is 6. The molecule has 1 unspecified atom stereocenters. The zero-order valence-electron chi connectivity index (χ0n) is 7.27. The Balaban J connectivity index is 5.13. The number of thiocarbonyl (C=S) groups is 2. The zero-order valence-corrected chi connectivity index (χ0v) is 8.90. The number of carbonyl (C=O) groups is 1. The van der Waals surface area contributed by atoms with Crippen molar-refractivity contribution in [2.24, 2.45) is 5.41 Å². The van der Waals surface area contributed by atoms with E-state index in [4.69, 9.17) is 15.3 Å². The smallest absolute Gasteiger partial charge is 0.319 e. The highest BCUT2D eigenvalue weighted by molar-refractivity contribution is 7.80. The van der Waals surface area contributed by atoms with Crippen LogP contribution in [0.3, 0.4) is 0 Å². The second kappa shape index (κ2) is 5.02. The molecule has 0 amide bonds. The average Bonchev–Trinajstić information content (AvgIpc) is 2.01. The molecule has 0 rings (SSSR count). The molecule has 0 fully saturated rings. The molecule has 0 saturated heterocycles. The summed E-state index contributed by atoms with van der Waals surface area (Å²) in [7, 11) is 0. The van der Waals surface area contributed by atoms with Gasteiger partial charge in [0.15, 0.2) is 10.1 Å². The van der Waals surface area contributed by atoms with E-state index in [1.165, 1.54) is 6.08 Å². The van der Waals surface area contributed by atoms with Gasteiger partial charge in [0.2, 0.25) is 0 Å². The van der Waals surface area contributed by atoms with Crippen molar-refractivity contribution in [2.45, 2.75) is 12.8 Å². The Morgan fingerprint density at radius 1 is 1.36 bits per heavy atom. The Bertz CT molecular complexity index is 271. The van der Waals surface area contributed by atoms with Crippen LogP contribution in [0, 0.1) is 5.41 Å². The van der Waals surface area contributed by atoms with Gasteiger partial charge >= 0.3 is 5.97 Å². The maximum atomic E-state index is 10.9. The summed E-state index contributed by atoms with van der Waals surface area (Å²) in [6.07, 6.45) is 0.826. The van der Waals surface area contributed by atoms with Crippen LogP contribution in [0.2, 0.25) is 0 Å². The summed E-state index contributed by atoms with van der Waals surface area (Å²) in [5.74, 6) is -1.33. The van der Waals surface area contributed by atoms with Gasteiger partial charge in [-0.15, -0.1) is 6.58 Å². The molecule has 0 radical (unpaired) electrons. The minimum Gasteiger partial charge on any atom is -0.502 e. The molecular formula is C8H10O4S2. The first-order valence-electron chi connectivity index (χ1n) is 3.66. The van der Waals surface area contributed by atoms with E-state index in [9.17, 15) is 4.79 Å². The second-order valence-electron chi connectivity index (χ2n) is 2.76. The van der Waals surface area contributed by atoms with Crippen LogP contribution in [0.4, 0.5) is 0 Å². The van der Waals surface area contributed by atoms with Gasteiger partial charge < -0.3 is 15.3 Å². The van der Waals surface area contributed by atoms with Gasteiger partial charge in [-0.3, -0.25) is 4.79 Å². The summed E-state index contributed by atoms with van der Waals surface area (Å²) in [6, 6.07) is 0. The van der Waals surface area contributed by atoms with Crippen molar-refractivity contribution in [2.75, 3.05) is 0 Å². The summed E-state index contributed by atoms with van der Waals surface area (Å²) < 4.78 is 0.